The number of hydrogen-bond acceptors (Lipinski definition) is 4. The van der Waals surface area contributed by atoms with Crippen LogP contribution >= 0.6 is 0 Å². The molecule has 0 spiro atoms. The molecule has 0 saturated carbocycles. The van der Waals surface area contributed by atoms with E-state index in [9.17, 15) is 19.1 Å². The Bertz CT molecular complexity index is 933. The van der Waals surface area contributed by atoms with Gasteiger partial charge in [-0.25, -0.2) is 14.0 Å². The molecule has 3 rings (SSSR count). The summed E-state index contributed by atoms with van der Waals surface area (Å²) in [6.07, 6.45) is 0.576. The highest BCUT2D eigenvalue weighted by atomic mass is 19.1. The van der Waals surface area contributed by atoms with Crippen LogP contribution in [0, 0.1) is 12.7 Å². The second kappa shape index (κ2) is 8.66. The highest BCUT2D eigenvalue weighted by Crippen LogP contribution is 2.25. The number of aromatic nitrogens is 1. The van der Waals surface area contributed by atoms with E-state index in [4.69, 9.17) is 0 Å². The van der Waals surface area contributed by atoms with E-state index >= 15 is 0 Å². The second-order valence-electron chi connectivity index (χ2n) is 8.00. The number of nitrogens with zero attached hydrogens (tertiary/aromatic N) is 3. The van der Waals surface area contributed by atoms with Crippen molar-refractivity contribution in [1.29, 1.82) is 0 Å². The normalized spacial score (nSPS) is 16.2. The Morgan fingerprint density at radius 2 is 1.97 bits per heavy atom. The van der Waals surface area contributed by atoms with Gasteiger partial charge in [0.15, 0.2) is 5.82 Å². The van der Waals surface area contributed by atoms with Crippen molar-refractivity contribution in [2.24, 2.45) is 0 Å². The largest absolute Gasteiger partial charge is 0.465 e. The Labute approximate surface area is 174 Å². The molecule has 1 aromatic carbocycles. The van der Waals surface area contributed by atoms with Crippen molar-refractivity contribution in [3.63, 3.8) is 0 Å². The molecule has 1 aromatic heterocycles. The number of carboxylic acid groups (broad SMARTS) is 1. The van der Waals surface area contributed by atoms with Crippen molar-refractivity contribution in [2.75, 3.05) is 30.3 Å². The number of carbonyl (C=O) groups is 2. The van der Waals surface area contributed by atoms with Crippen LogP contribution in [0.25, 0.3) is 0 Å². The average molecular weight is 415 g/mol. The number of urea groups is 1. The van der Waals surface area contributed by atoms with Crippen molar-refractivity contribution in [3.8, 4) is 0 Å². The molecule has 1 fully saturated rings. The summed E-state index contributed by atoms with van der Waals surface area (Å²) >= 11 is 0. The summed E-state index contributed by atoms with van der Waals surface area (Å²) in [6.45, 7) is 7.22. The van der Waals surface area contributed by atoms with E-state index in [0.717, 1.165) is 5.69 Å². The maximum absolute atomic E-state index is 15.0. The zero-order valence-corrected chi connectivity index (χ0v) is 17.3. The number of nitrogens with one attached hydrogen (secondary N) is 2. The van der Waals surface area contributed by atoms with Crippen LogP contribution in [0.15, 0.2) is 36.5 Å². The molecule has 160 valence electrons. The number of hydrogen-bond donors (Lipinski definition) is 3. The fourth-order valence-corrected chi connectivity index (χ4v) is 3.61. The minimum Gasteiger partial charge on any atom is -0.465 e. The summed E-state index contributed by atoms with van der Waals surface area (Å²) in [5.74, 6) is -0.506. The molecule has 9 heteroatoms. The second-order valence-corrected chi connectivity index (χ2v) is 8.00. The van der Waals surface area contributed by atoms with Gasteiger partial charge in [0, 0.05) is 37.4 Å². The summed E-state index contributed by atoms with van der Waals surface area (Å²) in [6, 6.07) is 7.76. The van der Waals surface area contributed by atoms with Crippen LogP contribution in [0.1, 0.15) is 25.1 Å². The maximum Gasteiger partial charge on any atom is 0.407 e. The third-order valence-electron chi connectivity index (χ3n) is 5.10. The van der Waals surface area contributed by atoms with Crippen molar-refractivity contribution < 1.29 is 19.1 Å². The number of anilines is 2. The van der Waals surface area contributed by atoms with Gasteiger partial charge in [0.2, 0.25) is 0 Å². The molecule has 0 atom stereocenters. The van der Waals surface area contributed by atoms with Crippen LogP contribution in [0.4, 0.5) is 25.4 Å². The zero-order valence-electron chi connectivity index (χ0n) is 17.3. The molecular formula is C21H26FN5O3. The minimum atomic E-state index is -0.952. The van der Waals surface area contributed by atoms with Crippen molar-refractivity contribution in [1.82, 2.24) is 14.8 Å². The van der Waals surface area contributed by atoms with Crippen molar-refractivity contribution >= 4 is 23.5 Å². The van der Waals surface area contributed by atoms with Gasteiger partial charge in [-0.05, 0) is 39.0 Å². The van der Waals surface area contributed by atoms with Gasteiger partial charge in [-0.15, -0.1) is 0 Å². The lowest BCUT2D eigenvalue weighted by Crippen LogP contribution is -2.60. The first-order valence-corrected chi connectivity index (χ1v) is 9.67. The maximum atomic E-state index is 15.0. The van der Waals surface area contributed by atoms with Crippen molar-refractivity contribution in [2.45, 2.75) is 32.9 Å². The van der Waals surface area contributed by atoms with Gasteiger partial charge in [-0.3, -0.25) is 9.88 Å². The molecule has 8 nitrogen and oxygen atoms in total. The number of benzene rings is 1. The Kier molecular flexibility index (Phi) is 6.21. The first kappa shape index (κ1) is 21.5. The third-order valence-corrected chi connectivity index (χ3v) is 5.10. The lowest BCUT2D eigenvalue weighted by atomic mass is 9.99. The number of halogens is 1. The molecule has 1 saturated heterocycles. The minimum absolute atomic E-state index is 0.0773. The van der Waals surface area contributed by atoms with Gasteiger partial charge in [-0.1, -0.05) is 12.1 Å². The lowest BCUT2D eigenvalue weighted by Gasteiger charge is -2.45. The van der Waals surface area contributed by atoms with Crippen LogP contribution in [-0.2, 0) is 6.54 Å². The molecule has 0 radical (unpaired) electrons. The summed E-state index contributed by atoms with van der Waals surface area (Å²) in [7, 11) is 0. The molecule has 1 aliphatic heterocycles. The lowest BCUT2D eigenvalue weighted by molar-refractivity contribution is 0.0225. The van der Waals surface area contributed by atoms with E-state index in [1.165, 1.54) is 17.2 Å². The highest BCUT2D eigenvalue weighted by Gasteiger charge is 2.36. The number of rotatable bonds is 4. The third kappa shape index (κ3) is 5.04. The Balaban J connectivity index is 1.65. The van der Waals surface area contributed by atoms with Gasteiger partial charge >= 0.3 is 12.1 Å². The summed E-state index contributed by atoms with van der Waals surface area (Å²) in [4.78, 5) is 31.1. The van der Waals surface area contributed by atoms with E-state index in [-0.39, 0.29) is 5.69 Å². The zero-order chi connectivity index (χ0) is 21.9. The number of amides is 3. The summed E-state index contributed by atoms with van der Waals surface area (Å²) in [5, 5.41) is 14.5. The number of aryl methyl sites for hydroxylation is 1. The van der Waals surface area contributed by atoms with Crippen LogP contribution in [0.3, 0.4) is 0 Å². The number of piperazine rings is 1. The van der Waals surface area contributed by atoms with Gasteiger partial charge < -0.3 is 20.6 Å². The van der Waals surface area contributed by atoms with Crippen LogP contribution < -0.4 is 10.6 Å². The molecule has 1 aliphatic rings. The van der Waals surface area contributed by atoms with E-state index in [0.29, 0.717) is 37.4 Å². The summed E-state index contributed by atoms with van der Waals surface area (Å²) < 4.78 is 15.0. The fraction of sp³-hybridized carbons (Fsp3) is 0.381. The first-order valence-electron chi connectivity index (χ1n) is 9.67. The molecule has 0 unspecified atom stereocenters. The van der Waals surface area contributed by atoms with Gasteiger partial charge in [0.05, 0.1) is 23.1 Å². The molecule has 3 amide bonds. The first-order chi connectivity index (χ1) is 14.2. The van der Waals surface area contributed by atoms with Gasteiger partial charge in [0.25, 0.3) is 0 Å². The Morgan fingerprint density at radius 1 is 1.20 bits per heavy atom. The predicted molar refractivity (Wildman–Crippen MR) is 112 cm³/mol. The van der Waals surface area contributed by atoms with Crippen molar-refractivity contribution in [3.05, 3.63) is 53.6 Å². The smallest absolute Gasteiger partial charge is 0.407 e. The SMILES string of the molecule is Cc1ccc(NC(=O)Nc2cccc(CN3CCN(C(=O)O)C(C)(C)C3)c2F)cn1. The van der Waals surface area contributed by atoms with Gasteiger partial charge in [-0.2, -0.15) is 0 Å². The van der Waals surface area contributed by atoms with E-state index in [1.807, 2.05) is 25.7 Å². The van der Waals surface area contributed by atoms with E-state index in [2.05, 4.69) is 15.6 Å². The van der Waals surface area contributed by atoms with Crippen LogP contribution in [-0.4, -0.2) is 57.2 Å². The number of pyridine rings is 1. The highest BCUT2D eigenvalue weighted by molar-refractivity contribution is 5.99. The molecule has 0 bridgehead atoms. The monoisotopic (exact) mass is 415 g/mol. The van der Waals surface area contributed by atoms with E-state index in [1.54, 1.807) is 24.3 Å². The molecule has 2 aromatic rings. The Hall–Kier alpha value is -3.20. The molecular weight excluding hydrogens is 389 g/mol. The summed E-state index contributed by atoms with van der Waals surface area (Å²) in [5.41, 5.74) is 1.27. The van der Waals surface area contributed by atoms with Crippen LogP contribution in [0.5, 0.6) is 0 Å². The fourth-order valence-electron chi connectivity index (χ4n) is 3.61. The Morgan fingerprint density at radius 3 is 2.60 bits per heavy atom. The average Bonchev–Trinajstić information content (AvgIpc) is 2.66. The van der Waals surface area contributed by atoms with Crippen LogP contribution in [0.2, 0.25) is 0 Å². The molecule has 0 aliphatic carbocycles. The molecule has 3 N–H and O–H groups in total. The molecule has 2 heterocycles. The molecule has 30 heavy (non-hydrogen) atoms. The standard InChI is InChI=1S/C21H26FN5O3/c1-14-7-8-16(11-23-14)24-19(28)25-17-6-4-5-15(18(17)22)12-26-9-10-27(20(29)30)21(2,3)13-26/h4-8,11H,9-10,12-13H2,1-3H3,(H,29,30)(H2,24,25,28). The predicted octanol–water partition coefficient (Wildman–Crippen LogP) is 3.75. The number of carbonyl (C=O) groups excluding carboxylic acids is 1. The quantitative estimate of drug-likeness (QED) is 0.707. The van der Waals surface area contributed by atoms with E-state index < -0.39 is 23.5 Å². The topological polar surface area (TPSA) is 97.8 Å². The van der Waals surface area contributed by atoms with Gasteiger partial charge in [0.1, 0.15) is 0 Å².